The van der Waals surface area contributed by atoms with Crippen molar-refractivity contribution in [2.75, 3.05) is 26.2 Å². The molecule has 7 nitrogen and oxygen atoms in total. The summed E-state index contributed by atoms with van der Waals surface area (Å²) in [7, 11) is -3.68. The van der Waals surface area contributed by atoms with Gasteiger partial charge in [-0.3, -0.25) is 9.88 Å². The number of hydrogen-bond acceptors (Lipinski definition) is 6. The first-order chi connectivity index (χ1) is 14.4. The summed E-state index contributed by atoms with van der Waals surface area (Å²) in [6.45, 7) is 4.29. The smallest absolute Gasteiger partial charge is 0.246 e. The van der Waals surface area contributed by atoms with Gasteiger partial charge in [0, 0.05) is 38.9 Å². The van der Waals surface area contributed by atoms with E-state index in [9.17, 15) is 12.8 Å². The Balaban J connectivity index is 1.45. The third kappa shape index (κ3) is 4.38. The first kappa shape index (κ1) is 20.5. The predicted molar refractivity (Wildman–Crippen MR) is 110 cm³/mol. The third-order valence-electron chi connectivity index (χ3n) is 5.10. The molecule has 0 radical (unpaired) electrons. The van der Waals surface area contributed by atoms with Crippen LogP contribution < -0.4 is 0 Å². The van der Waals surface area contributed by atoms with Crippen molar-refractivity contribution in [1.82, 2.24) is 24.2 Å². The maximum absolute atomic E-state index is 13.1. The molecule has 0 saturated carbocycles. The maximum Gasteiger partial charge on any atom is 0.246 e. The fraction of sp³-hybridized carbons (Fsp3) is 0.286. The molecule has 0 aliphatic carbocycles. The Labute approximate surface area is 175 Å². The van der Waals surface area contributed by atoms with Crippen molar-refractivity contribution in [3.05, 3.63) is 71.9 Å². The van der Waals surface area contributed by atoms with Gasteiger partial charge in [0.2, 0.25) is 10.0 Å². The number of hydrogen-bond donors (Lipinski definition) is 0. The van der Waals surface area contributed by atoms with E-state index in [1.54, 1.807) is 37.4 Å². The van der Waals surface area contributed by atoms with Gasteiger partial charge in [-0.15, -0.1) is 0 Å². The summed E-state index contributed by atoms with van der Waals surface area (Å²) in [4.78, 5) is 15.1. The zero-order chi connectivity index (χ0) is 21.1. The summed E-state index contributed by atoms with van der Waals surface area (Å²) in [6.07, 6.45) is 3.01. The molecule has 9 heteroatoms. The van der Waals surface area contributed by atoms with Crippen molar-refractivity contribution in [2.24, 2.45) is 0 Å². The minimum Gasteiger partial charge on any atom is -0.296 e. The molecule has 0 amide bonds. The number of piperazine rings is 1. The first-order valence-electron chi connectivity index (χ1n) is 9.65. The quantitative estimate of drug-likeness (QED) is 0.623. The Kier molecular flexibility index (Phi) is 5.85. The highest BCUT2D eigenvalue weighted by molar-refractivity contribution is 7.89. The standard InChI is InChI=1S/C21H22FN5O2S/c1-16-20(14-24-21(25-16)19-4-2-3-9-23-19)30(28,29)27-12-10-26(11-13-27)15-17-5-7-18(22)8-6-17/h2-9,14H,10-13,15H2,1H3. The molecule has 1 aliphatic heterocycles. The molecule has 0 bridgehead atoms. The molecular weight excluding hydrogens is 405 g/mol. The van der Waals surface area contributed by atoms with Crippen LogP contribution >= 0.6 is 0 Å². The fourth-order valence-corrected chi connectivity index (χ4v) is 4.97. The Morgan fingerprint density at radius 3 is 2.37 bits per heavy atom. The molecule has 1 aromatic carbocycles. The van der Waals surface area contributed by atoms with Crippen molar-refractivity contribution in [1.29, 1.82) is 0 Å². The number of aromatic nitrogens is 3. The van der Waals surface area contributed by atoms with Crippen LogP contribution in [0, 0.1) is 12.7 Å². The number of pyridine rings is 1. The second-order valence-electron chi connectivity index (χ2n) is 7.16. The van der Waals surface area contributed by atoms with Crippen LogP contribution in [0.25, 0.3) is 11.5 Å². The number of nitrogens with zero attached hydrogens (tertiary/aromatic N) is 5. The molecule has 0 unspecified atom stereocenters. The molecule has 156 valence electrons. The van der Waals surface area contributed by atoms with E-state index in [4.69, 9.17) is 0 Å². The SMILES string of the molecule is Cc1nc(-c2ccccn2)ncc1S(=O)(=O)N1CCN(Cc2ccc(F)cc2)CC1. The van der Waals surface area contributed by atoms with Crippen molar-refractivity contribution >= 4 is 10.0 Å². The lowest BCUT2D eigenvalue weighted by molar-refractivity contribution is 0.181. The van der Waals surface area contributed by atoms with Gasteiger partial charge < -0.3 is 0 Å². The van der Waals surface area contributed by atoms with Crippen LogP contribution in [-0.2, 0) is 16.6 Å². The van der Waals surface area contributed by atoms with E-state index >= 15 is 0 Å². The monoisotopic (exact) mass is 427 g/mol. The van der Waals surface area contributed by atoms with E-state index in [2.05, 4.69) is 19.9 Å². The van der Waals surface area contributed by atoms with Crippen molar-refractivity contribution in [3.63, 3.8) is 0 Å². The van der Waals surface area contributed by atoms with E-state index in [1.165, 1.54) is 22.6 Å². The molecule has 0 N–H and O–H groups in total. The van der Waals surface area contributed by atoms with Gasteiger partial charge in [-0.1, -0.05) is 18.2 Å². The highest BCUT2D eigenvalue weighted by Crippen LogP contribution is 2.22. The summed E-state index contributed by atoms with van der Waals surface area (Å²) in [5, 5.41) is 0. The number of halogens is 1. The molecule has 1 aliphatic rings. The average molecular weight is 428 g/mol. The van der Waals surface area contributed by atoms with E-state index in [-0.39, 0.29) is 10.7 Å². The van der Waals surface area contributed by atoms with E-state index in [1.807, 2.05) is 6.07 Å². The van der Waals surface area contributed by atoms with E-state index in [0.29, 0.717) is 49.9 Å². The van der Waals surface area contributed by atoms with Crippen LogP contribution in [0.15, 0.2) is 59.8 Å². The van der Waals surface area contributed by atoms with Gasteiger partial charge in [0.1, 0.15) is 16.4 Å². The molecule has 3 aromatic rings. The van der Waals surface area contributed by atoms with Gasteiger partial charge in [-0.25, -0.2) is 22.8 Å². The second kappa shape index (κ2) is 8.55. The normalized spacial score (nSPS) is 15.9. The molecule has 2 aromatic heterocycles. The lowest BCUT2D eigenvalue weighted by Crippen LogP contribution is -2.48. The summed E-state index contributed by atoms with van der Waals surface area (Å²) in [5.74, 6) is 0.137. The number of sulfonamides is 1. The third-order valence-corrected chi connectivity index (χ3v) is 7.10. The minimum absolute atomic E-state index is 0.120. The second-order valence-corrected chi connectivity index (χ2v) is 9.07. The summed E-state index contributed by atoms with van der Waals surface area (Å²) in [5.41, 5.74) is 2.00. The zero-order valence-electron chi connectivity index (χ0n) is 16.6. The van der Waals surface area contributed by atoms with Gasteiger partial charge in [0.15, 0.2) is 5.82 Å². The van der Waals surface area contributed by atoms with Crippen LogP contribution in [0.3, 0.4) is 0 Å². The van der Waals surface area contributed by atoms with Gasteiger partial charge in [0.25, 0.3) is 0 Å². The number of rotatable bonds is 5. The molecule has 1 saturated heterocycles. The number of benzene rings is 1. The summed E-state index contributed by atoms with van der Waals surface area (Å²) < 4.78 is 40.8. The van der Waals surface area contributed by atoms with Crippen LogP contribution in [-0.4, -0.2) is 58.8 Å². The highest BCUT2D eigenvalue weighted by Gasteiger charge is 2.30. The van der Waals surface area contributed by atoms with Crippen molar-refractivity contribution < 1.29 is 12.8 Å². The molecule has 4 rings (SSSR count). The average Bonchev–Trinajstić information content (AvgIpc) is 2.76. The van der Waals surface area contributed by atoms with Crippen molar-refractivity contribution in [2.45, 2.75) is 18.4 Å². The van der Waals surface area contributed by atoms with E-state index in [0.717, 1.165) is 5.56 Å². The van der Waals surface area contributed by atoms with Crippen LogP contribution in [0.5, 0.6) is 0 Å². The summed E-state index contributed by atoms with van der Waals surface area (Å²) >= 11 is 0. The molecule has 0 spiro atoms. The Hall–Kier alpha value is -2.75. The highest BCUT2D eigenvalue weighted by atomic mass is 32.2. The Morgan fingerprint density at radius 2 is 1.73 bits per heavy atom. The lowest BCUT2D eigenvalue weighted by atomic mass is 10.2. The topological polar surface area (TPSA) is 79.3 Å². The molecular formula is C21H22FN5O2S. The Bertz CT molecular complexity index is 1120. The van der Waals surface area contributed by atoms with Crippen LogP contribution in [0.4, 0.5) is 4.39 Å². The number of aryl methyl sites for hydroxylation is 1. The molecule has 3 heterocycles. The lowest BCUT2D eigenvalue weighted by Gasteiger charge is -2.34. The fourth-order valence-electron chi connectivity index (χ4n) is 3.44. The largest absolute Gasteiger partial charge is 0.296 e. The Morgan fingerprint density at radius 1 is 1.00 bits per heavy atom. The van der Waals surface area contributed by atoms with Gasteiger partial charge in [-0.2, -0.15) is 4.31 Å². The predicted octanol–water partition coefficient (Wildman–Crippen LogP) is 2.49. The van der Waals surface area contributed by atoms with Gasteiger partial charge in [-0.05, 0) is 36.8 Å². The maximum atomic E-state index is 13.1. The van der Waals surface area contributed by atoms with Gasteiger partial charge in [0.05, 0.1) is 11.9 Å². The molecule has 30 heavy (non-hydrogen) atoms. The zero-order valence-corrected chi connectivity index (χ0v) is 17.4. The minimum atomic E-state index is -3.68. The summed E-state index contributed by atoms with van der Waals surface area (Å²) in [6, 6.07) is 11.8. The molecule has 0 atom stereocenters. The van der Waals surface area contributed by atoms with Crippen LogP contribution in [0.2, 0.25) is 0 Å². The van der Waals surface area contributed by atoms with Crippen LogP contribution in [0.1, 0.15) is 11.3 Å². The molecule has 1 fully saturated rings. The van der Waals surface area contributed by atoms with E-state index < -0.39 is 10.0 Å². The van der Waals surface area contributed by atoms with Gasteiger partial charge >= 0.3 is 0 Å². The van der Waals surface area contributed by atoms with Crippen molar-refractivity contribution in [3.8, 4) is 11.5 Å². The first-order valence-corrected chi connectivity index (χ1v) is 11.1.